The molecule has 1 saturated carbocycles. The first-order valence-electron chi connectivity index (χ1n) is 7.53. The lowest BCUT2D eigenvalue weighted by Gasteiger charge is -2.50. The molecule has 1 aliphatic carbocycles. The van der Waals surface area contributed by atoms with Gasteiger partial charge in [0.25, 0.3) is 0 Å². The first kappa shape index (κ1) is 15.5. The van der Waals surface area contributed by atoms with Crippen LogP contribution in [0.2, 0.25) is 0 Å². The Kier molecular flexibility index (Phi) is 5.17. The molecule has 0 heterocycles. The number of ether oxygens (including phenoxy) is 1. The lowest BCUT2D eigenvalue weighted by Crippen LogP contribution is -2.50. The van der Waals surface area contributed by atoms with Gasteiger partial charge in [0.05, 0.1) is 6.61 Å². The van der Waals surface area contributed by atoms with Gasteiger partial charge in [-0.1, -0.05) is 26.0 Å². The van der Waals surface area contributed by atoms with Crippen LogP contribution in [0, 0.1) is 17.7 Å². The van der Waals surface area contributed by atoms with E-state index in [1.54, 1.807) is 19.2 Å². The average Bonchev–Trinajstić information content (AvgIpc) is 2.38. The number of hydrogen-bond acceptors (Lipinski definition) is 2. The highest BCUT2D eigenvalue weighted by Crippen LogP contribution is 2.50. The molecule has 2 nitrogen and oxygen atoms in total. The van der Waals surface area contributed by atoms with Crippen molar-refractivity contribution in [2.24, 2.45) is 11.8 Å². The van der Waals surface area contributed by atoms with Crippen molar-refractivity contribution in [1.29, 1.82) is 0 Å². The van der Waals surface area contributed by atoms with Gasteiger partial charge in [-0.05, 0) is 42.4 Å². The third-order valence-electron chi connectivity index (χ3n) is 4.65. The average molecular weight is 279 g/mol. The number of hydrogen-bond donors (Lipinski definition) is 1. The summed E-state index contributed by atoms with van der Waals surface area (Å²) >= 11 is 0. The van der Waals surface area contributed by atoms with Gasteiger partial charge in [0.1, 0.15) is 5.82 Å². The van der Waals surface area contributed by atoms with Gasteiger partial charge in [0.15, 0.2) is 0 Å². The topological polar surface area (TPSA) is 21.3 Å². The molecule has 0 saturated heterocycles. The molecular formula is C17H26FNO. The zero-order chi connectivity index (χ0) is 14.6. The Morgan fingerprint density at radius 2 is 1.95 bits per heavy atom. The summed E-state index contributed by atoms with van der Waals surface area (Å²) < 4.78 is 18.2. The molecule has 0 aliphatic heterocycles. The number of benzene rings is 1. The minimum Gasteiger partial charge on any atom is -0.383 e. The van der Waals surface area contributed by atoms with E-state index in [2.05, 4.69) is 19.2 Å². The molecule has 112 valence electrons. The number of rotatable bonds is 7. The lowest BCUT2D eigenvalue weighted by molar-refractivity contribution is 0.0948. The van der Waals surface area contributed by atoms with Crippen molar-refractivity contribution < 1.29 is 9.13 Å². The van der Waals surface area contributed by atoms with Gasteiger partial charge in [-0.15, -0.1) is 0 Å². The molecule has 1 N–H and O–H groups in total. The number of nitrogens with one attached hydrogen (secondary N) is 1. The summed E-state index contributed by atoms with van der Waals surface area (Å²) in [6, 6.07) is 7.05. The molecule has 1 aromatic rings. The van der Waals surface area contributed by atoms with Crippen molar-refractivity contribution in [2.75, 3.05) is 26.8 Å². The van der Waals surface area contributed by atoms with Gasteiger partial charge >= 0.3 is 0 Å². The van der Waals surface area contributed by atoms with Crippen molar-refractivity contribution in [3.8, 4) is 0 Å². The van der Waals surface area contributed by atoms with Gasteiger partial charge in [-0.2, -0.15) is 0 Å². The summed E-state index contributed by atoms with van der Waals surface area (Å²) in [6.45, 7) is 7.12. The molecule has 0 unspecified atom stereocenters. The first-order valence-corrected chi connectivity index (χ1v) is 7.53. The minimum absolute atomic E-state index is 0.157. The Hall–Kier alpha value is -0.930. The molecule has 0 spiro atoms. The fourth-order valence-electron chi connectivity index (χ4n) is 3.20. The van der Waals surface area contributed by atoms with Crippen LogP contribution in [0.15, 0.2) is 24.3 Å². The van der Waals surface area contributed by atoms with Crippen molar-refractivity contribution in [1.82, 2.24) is 5.32 Å². The van der Waals surface area contributed by atoms with E-state index in [1.165, 1.54) is 18.4 Å². The highest BCUT2D eigenvalue weighted by atomic mass is 19.1. The maximum absolute atomic E-state index is 13.1. The molecule has 0 atom stereocenters. The van der Waals surface area contributed by atoms with Gasteiger partial charge in [0.2, 0.25) is 0 Å². The van der Waals surface area contributed by atoms with E-state index in [0.717, 1.165) is 31.5 Å². The standard InChI is InChI=1S/C17H26FNO/c1-13(2)14-10-17(11-14,12-19-8-9-20-3)15-4-6-16(18)7-5-15/h4-7,13-14,19H,8-12H2,1-3H3. The predicted octanol–water partition coefficient (Wildman–Crippen LogP) is 3.37. The van der Waals surface area contributed by atoms with E-state index < -0.39 is 0 Å². The third kappa shape index (κ3) is 3.39. The number of methoxy groups -OCH3 is 1. The van der Waals surface area contributed by atoms with E-state index in [0.29, 0.717) is 0 Å². The second-order valence-corrected chi connectivity index (χ2v) is 6.37. The van der Waals surface area contributed by atoms with Crippen molar-refractivity contribution >= 4 is 0 Å². The van der Waals surface area contributed by atoms with Crippen LogP contribution >= 0.6 is 0 Å². The normalized spacial score (nSPS) is 25.8. The summed E-state index contributed by atoms with van der Waals surface area (Å²) in [7, 11) is 1.72. The Morgan fingerprint density at radius 3 is 2.50 bits per heavy atom. The zero-order valence-corrected chi connectivity index (χ0v) is 12.8. The Balaban J connectivity index is 2.03. The van der Waals surface area contributed by atoms with Crippen LogP contribution in [0.4, 0.5) is 4.39 Å². The molecular weight excluding hydrogens is 253 g/mol. The van der Waals surface area contributed by atoms with E-state index in [9.17, 15) is 4.39 Å². The van der Waals surface area contributed by atoms with E-state index >= 15 is 0 Å². The fourth-order valence-corrected chi connectivity index (χ4v) is 3.20. The smallest absolute Gasteiger partial charge is 0.123 e. The first-order chi connectivity index (χ1) is 9.57. The SMILES string of the molecule is COCCNCC1(c2ccc(F)cc2)CC(C(C)C)C1. The summed E-state index contributed by atoms with van der Waals surface area (Å²) in [6.07, 6.45) is 2.38. The zero-order valence-electron chi connectivity index (χ0n) is 12.8. The Bertz CT molecular complexity index is 410. The highest BCUT2D eigenvalue weighted by molar-refractivity contribution is 5.30. The summed E-state index contributed by atoms with van der Waals surface area (Å²) in [5.74, 6) is 1.35. The van der Waals surface area contributed by atoms with Crippen LogP contribution in [0.3, 0.4) is 0 Å². The van der Waals surface area contributed by atoms with Gasteiger partial charge in [-0.3, -0.25) is 0 Å². The van der Waals surface area contributed by atoms with Crippen molar-refractivity contribution in [2.45, 2.75) is 32.1 Å². The maximum Gasteiger partial charge on any atom is 0.123 e. The van der Waals surface area contributed by atoms with Crippen LogP contribution in [0.25, 0.3) is 0 Å². The van der Waals surface area contributed by atoms with Gasteiger partial charge in [0, 0.05) is 25.6 Å². The quantitative estimate of drug-likeness (QED) is 0.773. The second kappa shape index (κ2) is 6.68. The van der Waals surface area contributed by atoms with E-state index in [4.69, 9.17) is 4.74 Å². The minimum atomic E-state index is -0.157. The summed E-state index contributed by atoms with van der Waals surface area (Å²) in [5, 5.41) is 3.48. The molecule has 20 heavy (non-hydrogen) atoms. The molecule has 0 amide bonds. The summed E-state index contributed by atoms with van der Waals surface area (Å²) in [4.78, 5) is 0. The molecule has 1 fully saturated rings. The Labute approximate surface area is 121 Å². The fraction of sp³-hybridized carbons (Fsp3) is 0.647. The van der Waals surface area contributed by atoms with Crippen LogP contribution in [0.5, 0.6) is 0 Å². The predicted molar refractivity (Wildman–Crippen MR) is 80.4 cm³/mol. The molecule has 0 radical (unpaired) electrons. The molecule has 0 bridgehead atoms. The maximum atomic E-state index is 13.1. The third-order valence-corrected chi connectivity index (χ3v) is 4.65. The molecule has 2 rings (SSSR count). The highest BCUT2D eigenvalue weighted by Gasteiger charge is 2.45. The van der Waals surface area contributed by atoms with E-state index in [-0.39, 0.29) is 11.2 Å². The number of halogens is 1. The summed E-state index contributed by atoms with van der Waals surface area (Å²) in [5.41, 5.74) is 1.44. The molecule has 3 heteroatoms. The van der Waals surface area contributed by atoms with Crippen molar-refractivity contribution in [3.63, 3.8) is 0 Å². The second-order valence-electron chi connectivity index (χ2n) is 6.37. The molecule has 0 aromatic heterocycles. The monoisotopic (exact) mass is 279 g/mol. The van der Waals surface area contributed by atoms with E-state index in [1.807, 2.05) is 12.1 Å². The van der Waals surface area contributed by atoms with Crippen LogP contribution in [-0.4, -0.2) is 26.8 Å². The molecule has 1 aliphatic rings. The van der Waals surface area contributed by atoms with Gasteiger partial charge < -0.3 is 10.1 Å². The lowest BCUT2D eigenvalue weighted by atomic mass is 9.56. The largest absolute Gasteiger partial charge is 0.383 e. The van der Waals surface area contributed by atoms with Crippen LogP contribution < -0.4 is 5.32 Å². The molecule has 1 aromatic carbocycles. The van der Waals surface area contributed by atoms with Crippen LogP contribution in [-0.2, 0) is 10.2 Å². The van der Waals surface area contributed by atoms with Crippen LogP contribution in [0.1, 0.15) is 32.3 Å². The van der Waals surface area contributed by atoms with Gasteiger partial charge in [-0.25, -0.2) is 4.39 Å². The van der Waals surface area contributed by atoms with Crippen molar-refractivity contribution in [3.05, 3.63) is 35.6 Å². The Morgan fingerprint density at radius 1 is 1.30 bits per heavy atom.